The van der Waals surface area contributed by atoms with Crippen molar-refractivity contribution in [1.29, 1.82) is 0 Å². The normalized spacial score (nSPS) is 17.7. The number of amides is 1. The van der Waals surface area contributed by atoms with E-state index in [1.807, 2.05) is 29.2 Å². The molecule has 0 aliphatic carbocycles. The molecule has 140 valence electrons. The molecule has 1 aliphatic rings. The van der Waals surface area contributed by atoms with E-state index in [2.05, 4.69) is 18.1 Å². The Kier molecular flexibility index (Phi) is 7.60. The Morgan fingerprint density at radius 2 is 1.88 bits per heavy atom. The van der Waals surface area contributed by atoms with E-state index in [1.165, 1.54) is 7.11 Å². The fourth-order valence-corrected chi connectivity index (χ4v) is 3.34. The molecule has 2 rings (SSSR count). The van der Waals surface area contributed by atoms with Gasteiger partial charge in [0, 0.05) is 38.6 Å². The number of benzene rings is 1. The Bertz CT molecular complexity index is 629. The molecule has 1 atom stereocenters. The smallest absolute Gasteiger partial charge is 0.337 e. The van der Waals surface area contributed by atoms with Gasteiger partial charge in [0.2, 0.25) is 5.91 Å². The number of likely N-dealkylation sites (tertiary alicyclic amines) is 1. The van der Waals surface area contributed by atoms with Crippen LogP contribution >= 0.6 is 0 Å². The molecule has 1 fully saturated rings. The molecule has 1 heterocycles. The molecule has 1 saturated heterocycles. The average molecular weight is 356 g/mol. The first-order valence-electron chi connectivity index (χ1n) is 9.00. The lowest BCUT2D eigenvalue weighted by molar-refractivity contribution is -0.131. The van der Waals surface area contributed by atoms with E-state index in [4.69, 9.17) is 4.74 Å². The number of nitrogens with zero attached hydrogens (tertiary/aromatic N) is 2. The highest BCUT2D eigenvalue weighted by Crippen LogP contribution is 2.20. The molecule has 1 unspecified atom stereocenters. The maximum absolute atomic E-state index is 12.5. The molecule has 1 amide bonds. The summed E-state index contributed by atoms with van der Waals surface area (Å²) in [6.45, 7) is 10.6. The van der Waals surface area contributed by atoms with Crippen molar-refractivity contribution in [3.63, 3.8) is 0 Å². The van der Waals surface area contributed by atoms with Crippen molar-refractivity contribution in [2.24, 2.45) is 0 Å². The number of carbonyl (C=O) groups excluding carboxylic acids is 2. The van der Waals surface area contributed by atoms with E-state index in [0.29, 0.717) is 24.6 Å². The van der Waals surface area contributed by atoms with Crippen LogP contribution in [-0.2, 0) is 16.1 Å². The van der Waals surface area contributed by atoms with Crippen molar-refractivity contribution in [2.75, 3.05) is 26.7 Å². The molecule has 1 aromatic rings. The Hall–Kier alpha value is -2.40. The quantitative estimate of drug-likeness (QED) is 0.531. The molecule has 0 radical (unpaired) electrons. The van der Waals surface area contributed by atoms with Gasteiger partial charge < -0.3 is 9.64 Å². The Morgan fingerprint density at radius 1 is 1.23 bits per heavy atom. The summed E-state index contributed by atoms with van der Waals surface area (Å²) >= 11 is 0. The highest BCUT2D eigenvalue weighted by molar-refractivity contribution is 5.89. The maximum Gasteiger partial charge on any atom is 0.337 e. The van der Waals surface area contributed by atoms with E-state index < -0.39 is 0 Å². The highest BCUT2D eigenvalue weighted by atomic mass is 16.5. The average Bonchev–Trinajstić information content (AvgIpc) is 2.84. The standard InChI is InChI=1S/C21H28N2O3/c1-4-13-22(14-5-2)19-10-11-20(24)23(15-12-19)16-17-6-8-18(9-7-17)21(25)26-3/h4-9,19H,1-2,10-16H2,3H3. The maximum atomic E-state index is 12.5. The van der Waals surface area contributed by atoms with Gasteiger partial charge in [0.25, 0.3) is 0 Å². The predicted molar refractivity (Wildman–Crippen MR) is 103 cm³/mol. The zero-order chi connectivity index (χ0) is 18.9. The summed E-state index contributed by atoms with van der Waals surface area (Å²) in [4.78, 5) is 28.3. The second-order valence-electron chi connectivity index (χ2n) is 6.52. The number of carbonyl (C=O) groups is 2. The van der Waals surface area contributed by atoms with Gasteiger partial charge in [-0.2, -0.15) is 0 Å². The number of hydrogen-bond acceptors (Lipinski definition) is 4. The fourth-order valence-electron chi connectivity index (χ4n) is 3.34. The summed E-state index contributed by atoms with van der Waals surface area (Å²) in [7, 11) is 1.37. The molecule has 1 aromatic carbocycles. The van der Waals surface area contributed by atoms with Crippen LogP contribution in [0.4, 0.5) is 0 Å². The van der Waals surface area contributed by atoms with Gasteiger partial charge in [0.1, 0.15) is 0 Å². The summed E-state index contributed by atoms with van der Waals surface area (Å²) in [5, 5.41) is 0. The van der Waals surface area contributed by atoms with Gasteiger partial charge in [-0.3, -0.25) is 9.69 Å². The van der Waals surface area contributed by atoms with Crippen LogP contribution in [0.1, 0.15) is 35.2 Å². The van der Waals surface area contributed by atoms with Gasteiger partial charge in [-0.15, -0.1) is 13.2 Å². The van der Waals surface area contributed by atoms with E-state index in [-0.39, 0.29) is 11.9 Å². The third-order valence-corrected chi connectivity index (χ3v) is 4.77. The zero-order valence-corrected chi connectivity index (χ0v) is 15.5. The van der Waals surface area contributed by atoms with Crippen LogP contribution in [0, 0.1) is 0 Å². The predicted octanol–water partition coefficient (Wildman–Crippen LogP) is 3.03. The minimum absolute atomic E-state index is 0.182. The van der Waals surface area contributed by atoms with Gasteiger partial charge >= 0.3 is 5.97 Å². The first kappa shape index (κ1) is 19.9. The molecule has 26 heavy (non-hydrogen) atoms. The lowest BCUT2D eigenvalue weighted by atomic mass is 10.1. The number of esters is 1. The zero-order valence-electron chi connectivity index (χ0n) is 15.5. The molecule has 0 aromatic heterocycles. The number of methoxy groups -OCH3 is 1. The fraction of sp³-hybridized carbons (Fsp3) is 0.429. The van der Waals surface area contributed by atoms with Crippen molar-refractivity contribution in [1.82, 2.24) is 9.80 Å². The lowest BCUT2D eigenvalue weighted by Gasteiger charge is -2.29. The van der Waals surface area contributed by atoms with Crippen LogP contribution in [0.2, 0.25) is 0 Å². The largest absolute Gasteiger partial charge is 0.465 e. The first-order valence-corrected chi connectivity index (χ1v) is 9.00. The van der Waals surface area contributed by atoms with Crippen molar-refractivity contribution in [2.45, 2.75) is 31.8 Å². The summed E-state index contributed by atoms with van der Waals surface area (Å²) in [5.74, 6) is -0.170. The Morgan fingerprint density at radius 3 is 2.46 bits per heavy atom. The minimum atomic E-state index is -0.352. The molecule has 0 bridgehead atoms. The van der Waals surface area contributed by atoms with Crippen molar-refractivity contribution in [3.05, 3.63) is 60.7 Å². The molecular weight excluding hydrogens is 328 g/mol. The minimum Gasteiger partial charge on any atom is -0.465 e. The van der Waals surface area contributed by atoms with Crippen molar-refractivity contribution in [3.8, 4) is 0 Å². The highest BCUT2D eigenvalue weighted by Gasteiger charge is 2.25. The van der Waals surface area contributed by atoms with Gasteiger partial charge in [0.15, 0.2) is 0 Å². The summed E-state index contributed by atoms with van der Waals surface area (Å²) in [6, 6.07) is 7.60. The van der Waals surface area contributed by atoms with Crippen molar-refractivity contribution >= 4 is 11.9 Å². The Labute approximate surface area is 155 Å². The van der Waals surface area contributed by atoms with Crippen molar-refractivity contribution < 1.29 is 14.3 Å². The van der Waals surface area contributed by atoms with Crippen LogP contribution in [0.5, 0.6) is 0 Å². The summed E-state index contributed by atoms with van der Waals surface area (Å²) < 4.78 is 4.71. The van der Waals surface area contributed by atoms with Gasteiger partial charge in [0.05, 0.1) is 12.7 Å². The monoisotopic (exact) mass is 356 g/mol. The molecule has 0 spiro atoms. The molecule has 5 heteroatoms. The van der Waals surface area contributed by atoms with E-state index in [0.717, 1.165) is 38.0 Å². The number of ether oxygens (including phenoxy) is 1. The summed E-state index contributed by atoms with van der Waals surface area (Å²) in [6.07, 6.45) is 6.15. The van der Waals surface area contributed by atoms with Gasteiger partial charge in [-0.25, -0.2) is 4.79 Å². The van der Waals surface area contributed by atoms with Crippen LogP contribution in [0.3, 0.4) is 0 Å². The number of rotatable bonds is 8. The molecule has 0 saturated carbocycles. The van der Waals surface area contributed by atoms with Crippen LogP contribution in [-0.4, -0.2) is 54.5 Å². The second-order valence-corrected chi connectivity index (χ2v) is 6.52. The molecule has 0 N–H and O–H groups in total. The third-order valence-electron chi connectivity index (χ3n) is 4.77. The number of hydrogen-bond donors (Lipinski definition) is 0. The summed E-state index contributed by atoms with van der Waals surface area (Å²) in [5.41, 5.74) is 1.53. The van der Waals surface area contributed by atoms with Crippen LogP contribution in [0.25, 0.3) is 0 Å². The Balaban J connectivity index is 2.00. The van der Waals surface area contributed by atoms with E-state index >= 15 is 0 Å². The molecule has 1 aliphatic heterocycles. The lowest BCUT2D eigenvalue weighted by Crippen LogP contribution is -2.36. The van der Waals surface area contributed by atoms with Gasteiger partial charge in [-0.1, -0.05) is 24.3 Å². The van der Waals surface area contributed by atoms with E-state index in [1.54, 1.807) is 12.1 Å². The third kappa shape index (κ3) is 5.30. The van der Waals surface area contributed by atoms with E-state index in [9.17, 15) is 9.59 Å². The second kappa shape index (κ2) is 9.92. The van der Waals surface area contributed by atoms with Crippen LogP contribution < -0.4 is 0 Å². The topological polar surface area (TPSA) is 49.9 Å². The molecule has 5 nitrogen and oxygen atoms in total. The molecular formula is C21H28N2O3. The first-order chi connectivity index (χ1) is 12.6. The van der Waals surface area contributed by atoms with Crippen LogP contribution in [0.15, 0.2) is 49.6 Å². The van der Waals surface area contributed by atoms with Gasteiger partial charge in [-0.05, 0) is 30.5 Å². The SMILES string of the molecule is C=CCN(CC=C)C1CCC(=O)N(Cc2ccc(C(=O)OC)cc2)CC1.